The van der Waals surface area contributed by atoms with E-state index in [1.54, 1.807) is 27.9 Å². The average Bonchev–Trinajstić information content (AvgIpc) is 3.10. The first-order valence-corrected chi connectivity index (χ1v) is 11.2. The zero-order chi connectivity index (χ0) is 20.1. The van der Waals surface area contributed by atoms with Crippen LogP contribution in [0.4, 0.5) is 0 Å². The Hall–Kier alpha value is -1.76. The van der Waals surface area contributed by atoms with Gasteiger partial charge in [0.2, 0.25) is 0 Å². The molecule has 0 aliphatic carbocycles. The van der Waals surface area contributed by atoms with Crippen molar-refractivity contribution in [2.75, 3.05) is 39.0 Å². The first-order chi connectivity index (χ1) is 12.7. The van der Waals surface area contributed by atoms with Gasteiger partial charge in [0.1, 0.15) is 5.75 Å². The maximum Gasteiger partial charge on any atom is 0.193 e. The molecule has 1 heterocycles. The van der Waals surface area contributed by atoms with Crippen molar-refractivity contribution in [1.82, 2.24) is 10.2 Å². The van der Waals surface area contributed by atoms with E-state index in [2.05, 4.69) is 27.3 Å². The van der Waals surface area contributed by atoms with Crippen LogP contribution in [0, 0.1) is 0 Å². The lowest BCUT2D eigenvalue weighted by atomic mass is 9.98. The van der Waals surface area contributed by atoms with Crippen LogP contribution in [0.2, 0.25) is 0 Å². The van der Waals surface area contributed by atoms with Gasteiger partial charge in [-0.2, -0.15) is 0 Å². The van der Waals surface area contributed by atoms with E-state index in [0.717, 1.165) is 37.8 Å². The Morgan fingerprint density at radius 3 is 2.52 bits per heavy atom. The molecule has 0 radical (unpaired) electrons. The summed E-state index contributed by atoms with van der Waals surface area (Å²) in [4.78, 5) is 6.81. The van der Waals surface area contributed by atoms with Crippen LogP contribution in [-0.4, -0.2) is 63.1 Å². The Kier molecular flexibility index (Phi) is 7.14. The summed E-state index contributed by atoms with van der Waals surface area (Å²) < 4.78 is 29.1. The molecule has 0 saturated carbocycles. The van der Waals surface area contributed by atoms with E-state index in [1.165, 1.54) is 5.56 Å². The molecule has 0 amide bonds. The highest BCUT2D eigenvalue weighted by Gasteiger charge is 2.29. The second kappa shape index (κ2) is 8.95. The summed E-state index contributed by atoms with van der Waals surface area (Å²) in [6.45, 7) is 10.1. The third-order valence-corrected chi connectivity index (χ3v) is 7.55. The van der Waals surface area contributed by atoms with Crippen LogP contribution in [0.15, 0.2) is 29.3 Å². The van der Waals surface area contributed by atoms with Gasteiger partial charge in [-0.15, -0.1) is 0 Å². The maximum absolute atomic E-state index is 12.3. The number of guanidine groups is 1. The van der Waals surface area contributed by atoms with E-state index in [0.29, 0.717) is 5.92 Å². The third-order valence-electron chi connectivity index (χ3n) is 4.96. The van der Waals surface area contributed by atoms with Gasteiger partial charge < -0.3 is 15.0 Å². The van der Waals surface area contributed by atoms with E-state index in [4.69, 9.17) is 4.74 Å². The van der Waals surface area contributed by atoms with Gasteiger partial charge in [-0.1, -0.05) is 12.1 Å². The summed E-state index contributed by atoms with van der Waals surface area (Å²) in [6, 6.07) is 8.23. The summed E-state index contributed by atoms with van der Waals surface area (Å²) >= 11 is 0. The van der Waals surface area contributed by atoms with E-state index in [1.807, 2.05) is 19.1 Å². The first kappa shape index (κ1) is 21.5. The zero-order valence-electron chi connectivity index (χ0n) is 17.2. The summed E-state index contributed by atoms with van der Waals surface area (Å²) in [5.41, 5.74) is 1.30. The van der Waals surface area contributed by atoms with Crippen LogP contribution >= 0.6 is 0 Å². The number of benzene rings is 1. The molecule has 152 valence electrons. The maximum atomic E-state index is 12.3. The topological polar surface area (TPSA) is 71.0 Å². The molecule has 1 aliphatic heterocycles. The van der Waals surface area contributed by atoms with Crippen molar-refractivity contribution < 1.29 is 13.2 Å². The zero-order valence-corrected chi connectivity index (χ0v) is 18.0. The normalized spacial score (nSPS) is 18.6. The fourth-order valence-corrected chi connectivity index (χ4v) is 4.05. The van der Waals surface area contributed by atoms with E-state index in [9.17, 15) is 8.42 Å². The number of rotatable bonds is 6. The Balaban J connectivity index is 2.02. The predicted octanol–water partition coefficient (Wildman–Crippen LogP) is 2.66. The average molecular weight is 396 g/mol. The first-order valence-electron chi connectivity index (χ1n) is 9.57. The molecular formula is C20H33N3O3S. The van der Waals surface area contributed by atoms with Gasteiger partial charge in [0.05, 0.1) is 24.2 Å². The van der Waals surface area contributed by atoms with Crippen molar-refractivity contribution in [3.63, 3.8) is 0 Å². The minimum Gasteiger partial charge on any atom is -0.497 e. The fourth-order valence-electron chi connectivity index (χ4n) is 3.10. The SMILES string of the molecule is CCNC(=NCCS(=O)(=O)C(C)(C)C)N1CCC(c2ccc(OC)cc2)C1. The molecular weight excluding hydrogens is 362 g/mol. The van der Waals surface area contributed by atoms with E-state index >= 15 is 0 Å². The number of hydrogen-bond donors (Lipinski definition) is 1. The highest BCUT2D eigenvalue weighted by atomic mass is 32.2. The van der Waals surface area contributed by atoms with Gasteiger partial charge >= 0.3 is 0 Å². The quantitative estimate of drug-likeness (QED) is 0.592. The number of sulfone groups is 1. The van der Waals surface area contributed by atoms with E-state index < -0.39 is 14.6 Å². The lowest BCUT2D eigenvalue weighted by molar-refractivity contribution is 0.414. The molecule has 0 aromatic heterocycles. The van der Waals surface area contributed by atoms with Gasteiger partial charge in [-0.05, 0) is 51.8 Å². The van der Waals surface area contributed by atoms with Crippen molar-refractivity contribution >= 4 is 15.8 Å². The standard InChI is InChI=1S/C20H33N3O3S/c1-6-21-19(22-12-14-27(24,25)20(2,3)4)23-13-11-17(15-23)16-7-9-18(26-5)10-8-16/h7-10,17H,6,11-15H2,1-5H3,(H,21,22). The second-order valence-electron chi connectivity index (χ2n) is 7.87. The highest BCUT2D eigenvalue weighted by Crippen LogP contribution is 2.28. The molecule has 1 atom stereocenters. The third kappa shape index (κ3) is 5.61. The number of methoxy groups -OCH3 is 1. The minimum atomic E-state index is -3.16. The predicted molar refractivity (Wildman–Crippen MR) is 111 cm³/mol. The minimum absolute atomic E-state index is 0.0706. The fraction of sp³-hybridized carbons (Fsp3) is 0.650. The van der Waals surface area contributed by atoms with Crippen molar-refractivity contribution in [2.45, 2.75) is 44.8 Å². The summed E-state index contributed by atoms with van der Waals surface area (Å²) in [5.74, 6) is 2.18. The van der Waals surface area contributed by atoms with Crippen LogP contribution in [-0.2, 0) is 9.84 Å². The molecule has 27 heavy (non-hydrogen) atoms. The molecule has 7 heteroatoms. The number of hydrogen-bond acceptors (Lipinski definition) is 4. The van der Waals surface area contributed by atoms with Crippen molar-refractivity contribution in [1.29, 1.82) is 0 Å². The molecule has 2 rings (SSSR count). The molecule has 0 bridgehead atoms. The van der Waals surface area contributed by atoms with Crippen LogP contribution in [0.1, 0.15) is 45.6 Å². The van der Waals surface area contributed by atoms with E-state index in [-0.39, 0.29) is 12.3 Å². The summed E-state index contributed by atoms with van der Waals surface area (Å²) in [5, 5.41) is 3.30. The number of nitrogens with zero attached hydrogens (tertiary/aromatic N) is 2. The molecule has 0 spiro atoms. The smallest absolute Gasteiger partial charge is 0.193 e. The molecule has 1 saturated heterocycles. The van der Waals surface area contributed by atoms with Crippen molar-refractivity contribution in [3.05, 3.63) is 29.8 Å². The van der Waals surface area contributed by atoms with Gasteiger partial charge in [0.15, 0.2) is 15.8 Å². The van der Waals surface area contributed by atoms with Gasteiger partial charge in [-0.3, -0.25) is 4.99 Å². The monoisotopic (exact) mass is 395 g/mol. The number of likely N-dealkylation sites (tertiary alicyclic amines) is 1. The van der Waals surface area contributed by atoms with Gasteiger partial charge in [0, 0.05) is 25.6 Å². The molecule has 1 unspecified atom stereocenters. The van der Waals surface area contributed by atoms with Crippen LogP contribution < -0.4 is 10.1 Å². The van der Waals surface area contributed by atoms with Crippen molar-refractivity contribution in [3.8, 4) is 5.75 Å². The lowest BCUT2D eigenvalue weighted by Crippen LogP contribution is -2.40. The summed E-state index contributed by atoms with van der Waals surface area (Å²) in [6.07, 6.45) is 1.05. The molecule has 1 N–H and O–H groups in total. The molecule has 1 fully saturated rings. The second-order valence-corrected chi connectivity index (χ2v) is 10.7. The Bertz CT molecular complexity index is 737. The molecule has 1 aromatic rings. The molecule has 1 aromatic carbocycles. The lowest BCUT2D eigenvalue weighted by Gasteiger charge is -2.22. The van der Waals surface area contributed by atoms with Gasteiger partial charge in [-0.25, -0.2) is 8.42 Å². The van der Waals surface area contributed by atoms with Crippen molar-refractivity contribution in [2.24, 2.45) is 4.99 Å². The molecule has 1 aliphatic rings. The Morgan fingerprint density at radius 2 is 1.96 bits per heavy atom. The highest BCUT2D eigenvalue weighted by molar-refractivity contribution is 7.92. The molecule has 6 nitrogen and oxygen atoms in total. The number of nitrogens with one attached hydrogen (secondary N) is 1. The van der Waals surface area contributed by atoms with Gasteiger partial charge in [0.25, 0.3) is 0 Å². The van der Waals surface area contributed by atoms with Crippen LogP contribution in [0.3, 0.4) is 0 Å². The Morgan fingerprint density at radius 1 is 1.30 bits per heavy atom. The van der Waals surface area contributed by atoms with Crippen LogP contribution in [0.25, 0.3) is 0 Å². The largest absolute Gasteiger partial charge is 0.497 e. The number of aliphatic imine (C=N–C) groups is 1. The van der Waals surface area contributed by atoms with Crippen LogP contribution in [0.5, 0.6) is 5.75 Å². The number of ether oxygens (including phenoxy) is 1. The Labute approximate surface area is 163 Å². The summed E-state index contributed by atoms with van der Waals surface area (Å²) in [7, 11) is -1.49.